The summed E-state index contributed by atoms with van der Waals surface area (Å²) >= 11 is 0. The van der Waals surface area contributed by atoms with Crippen LogP contribution < -0.4 is 14.5 Å². The number of carbonyl (C=O) groups excluding carboxylic acids is 1. The van der Waals surface area contributed by atoms with Gasteiger partial charge in [-0.2, -0.15) is 5.10 Å². The number of nitrogens with one attached hydrogen (secondary N) is 1. The highest BCUT2D eigenvalue weighted by atomic mass is 32.2. The topological polar surface area (TPSA) is 88.1 Å². The normalized spacial score (nSPS) is 11.8. The van der Waals surface area contributed by atoms with Gasteiger partial charge in [0.2, 0.25) is 10.0 Å². The van der Waals surface area contributed by atoms with E-state index in [1.807, 2.05) is 37.3 Å². The summed E-state index contributed by atoms with van der Waals surface area (Å²) in [6.45, 7) is 5.68. The monoisotopic (exact) mass is 403 g/mol. The van der Waals surface area contributed by atoms with Gasteiger partial charge in [0, 0.05) is 0 Å². The first-order chi connectivity index (χ1) is 13.2. The van der Waals surface area contributed by atoms with E-state index in [1.54, 1.807) is 32.0 Å². The van der Waals surface area contributed by atoms with Crippen molar-refractivity contribution in [2.45, 2.75) is 20.8 Å². The summed E-state index contributed by atoms with van der Waals surface area (Å²) in [6, 6.07) is 14.3. The van der Waals surface area contributed by atoms with Crippen LogP contribution in [0.1, 0.15) is 25.0 Å². The van der Waals surface area contributed by atoms with Crippen molar-refractivity contribution in [3.8, 4) is 5.75 Å². The molecule has 1 N–H and O–H groups in total. The van der Waals surface area contributed by atoms with Crippen molar-refractivity contribution in [2.24, 2.45) is 5.10 Å². The van der Waals surface area contributed by atoms with Crippen LogP contribution in [0.5, 0.6) is 5.75 Å². The lowest BCUT2D eigenvalue weighted by Gasteiger charge is -2.23. The van der Waals surface area contributed by atoms with Crippen LogP contribution in [0.4, 0.5) is 5.69 Å². The molecule has 0 saturated carbocycles. The van der Waals surface area contributed by atoms with Gasteiger partial charge in [-0.05, 0) is 62.2 Å². The van der Waals surface area contributed by atoms with E-state index in [0.717, 1.165) is 27.4 Å². The lowest BCUT2D eigenvalue weighted by Crippen LogP contribution is -2.39. The second-order valence-corrected chi connectivity index (χ2v) is 8.15. The number of sulfonamides is 1. The summed E-state index contributed by atoms with van der Waals surface area (Å²) in [5.74, 6) is 0.226. The summed E-state index contributed by atoms with van der Waals surface area (Å²) < 4.78 is 30.8. The van der Waals surface area contributed by atoms with Gasteiger partial charge in [0.1, 0.15) is 12.3 Å². The van der Waals surface area contributed by atoms with Crippen LogP contribution in [-0.4, -0.2) is 39.4 Å². The number of rotatable bonds is 8. The van der Waals surface area contributed by atoms with Crippen LogP contribution in [0.2, 0.25) is 0 Å². The van der Waals surface area contributed by atoms with Gasteiger partial charge in [-0.25, -0.2) is 13.8 Å². The minimum atomic E-state index is -3.63. The molecule has 0 radical (unpaired) electrons. The Balaban J connectivity index is 2.10. The Labute approximate surface area is 166 Å². The van der Waals surface area contributed by atoms with Gasteiger partial charge in [0.05, 0.1) is 24.3 Å². The molecule has 0 bridgehead atoms. The van der Waals surface area contributed by atoms with Crippen LogP contribution in [0.15, 0.2) is 53.6 Å². The molecule has 0 aliphatic carbocycles. The predicted molar refractivity (Wildman–Crippen MR) is 111 cm³/mol. The highest BCUT2D eigenvalue weighted by molar-refractivity contribution is 7.92. The third kappa shape index (κ3) is 5.82. The molecule has 0 fully saturated rings. The molecule has 7 nitrogen and oxygen atoms in total. The maximum absolute atomic E-state index is 12.3. The summed E-state index contributed by atoms with van der Waals surface area (Å²) in [4.78, 5) is 12.3. The highest BCUT2D eigenvalue weighted by Crippen LogP contribution is 2.21. The second kappa shape index (κ2) is 9.36. The number of hydrogen-bond acceptors (Lipinski definition) is 5. The van der Waals surface area contributed by atoms with Crippen molar-refractivity contribution in [3.05, 3.63) is 59.7 Å². The zero-order valence-corrected chi connectivity index (χ0v) is 17.3. The Morgan fingerprint density at radius 1 is 1.14 bits per heavy atom. The van der Waals surface area contributed by atoms with Crippen molar-refractivity contribution in [1.82, 2.24) is 5.43 Å². The molecule has 2 rings (SSSR count). The molecule has 1 amide bonds. The molecular weight excluding hydrogens is 378 g/mol. The fourth-order valence-electron chi connectivity index (χ4n) is 2.56. The van der Waals surface area contributed by atoms with E-state index in [4.69, 9.17) is 4.74 Å². The zero-order chi connectivity index (χ0) is 20.7. The van der Waals surface area contributed by atoms with Crippen molar-refractivity contribution in [2.75, 3.05) is 23.7 Å². The van der Waals surface area contributed by atoms with E-state index in [0.29, 0.717) is 18.0 Å². The molecule has 0 aromatic heterocycles. The van der Waals surface area contributed by atoms with Crippen LogP contribution in [-0.2, 0) is 14.8 Å². The van der Waals surface area contributed by atoms with E-state index in [-0.39, 0.29) is 6.54 Å². The second-order valence-electron chi connectivity index (χ2n) is 6.25. The molecule has 0 aliphatic heterocycles. The van der Waals surface area contributed by atoms with Gasteiger partial charge >= 0.3 is 0 Å². The van der Waals surface area contributed by atoms with Crippen molar-refractivity contribution in [1.29, 1.82) is 0 Å². The first-order valence-corrected chi connectivity index (χ1v) is 10.7. The van der Waals surface area contributed by atoms with Gasteiger partial charge in [-0.3, -0.25) is 9.10 Å². The number of benzene rings is 2. The number of nitrogens with zero attached hydrogens (tertiary/aromatic N) is 2. The Bertz CT molecular complexity index is 954. The summed E-state index contributed by atoms with van der Waals surface area (Å²) in [5.41, 5.74) is 5.07. The Morgan fingerprint density at radius 2 is 1.79 bits per heavy atom. The Hall–Kier alpha value is -2.87. The number of para-hydroxylation sites is 1. The van der Waals surface area contributed by atoms with E-state index in [2.05, 4.69) is 10.5 Å². The molecule has 8 heteroatoms. The van der Waals surface area contributed by atoms with Crippen LogP contribution >= 0.6 is 0 Å². The zero-order valence-electron chi connectivity index (χ0n) is 16.5. The molecule has 2 aromatic rings. The molecule has 150 valence electrons. The maximum atomic E-state index is 12.3. The minimum Gasteiger partial charge on any atom is -0.494 e. The van der Waals surface area contributed by atoms with Crippen LogP contribution in [0.3, 0.4) is 0 Å². The van der Waals surface area contributed by atoms with Gasteiger partial charge in [-0.1, -0.05) is 18.2 Å². The standard InChI is InChI=1S/C20H25N3O4S/c1-5-27-18-12-10-17(11-13-18)16(3)21-22-20(24)14-23(28(4,25)26)19-9-7-6-8-15(19)2/h6-13H,5,14H2,1-4H3,(H,22,24)/b21-16-. The number of aryl methyl sites for hydroxylation is 1. The lowest BCUT2D eigenvalue weighted by atomic mass is 10.1. The molecule has 0 saturated heterocycles. The fourth-order valence-corrected chi connectivity index (χ4v) is 3.47. The third-order valence-electron chi connectivity index (χ3n) is 4.00. The number of anilines is 1. The third-order valence-corrected chi connectivity index (χ3v) is 5.13. The van der Waals surface area contributed by atoms with Gasteiger partial charge in [-0.15, -0.1) is 0 Å². The average Bonchev–Trinajstić information content (AvgIpc) is 2.65. The molecule has 0 atom stereocenters. The molecule has 2 aromatic carbocycles. The lowest BCUT2D eigenvalue weighted by molar-refractivity contribution is -0.119. The Morgan fingerprint density at radius 3 is 2.36 bits per heavy atom. The van der Waals surface area contributed by atoms with E-state index in [9.17, 15) is 13.2 Å². The summed E-state index contributed by atoms with van der Waals surface area (Å²) in [5, 5.41) is 4.08. The SMILES string of the molecule is CCOc1ccc(/C(C)=N\NC(=O)CN(c2ccccc2C)S(C)(=O)=O)cc1. The van der Waals surface area contributed by atoms with Crippen LogP contribution in [0, 0.1) is 6.92 Å². The Kier molecular flexibility index (Phi) is 7.17. The molecule has 0 aliphatic rings. The number of ether oxygens (including phenoxy) is 1. The van der Waals surface area contributed by atoms with Gasteiger partial charge in [0.15, 0.2) is 0 Å². The quantitative estimate of drug-likeness (QED) is 0.542. The first kappa shape index (κ1) is 21.4. The smallest absolute Gasteiger partial charge is 0.260 e. The largest absolute Gasteiger partial charge is 0.494 e. The van der Waals surface area contributed by atoms with Crippen LogP contribution in [0.25, 0.3) is 0 Å². The number of amides is 1. The average molecular weight is 404 g/mol. The van der Waals surface area contributed by atoms with Crippen molar-refractivity contribution in [3.63, 3.8) is 0 Å². The minimum absolute atomic E-state index is 0.357. The van der Waals surface area contributed by atoms with Crippen molar-refractivity contribution < 1.29 is 17.9 Å². The fraction of sp³-hybridized carbons (Fsp3) is 0.300. The number of hydrogen-bond donors (Lipinski definition) is 1. The summed E-state index contributed by atoms with van der Waals surface area (Å²) in [7, 11) is -3.63. The first-order valence-electron chi connectivity index (χ1n) is 8.82. The van der Waals surface area contributed by atoms with E-state index < -0.39 is 15.9 Å². The van der Waals surface area contributed by atoms with E-state index in [1.165, 1.54) is 0 Å². The molecular formula is C20H25N3O4S. The van der Waals surface area contributed by atoms with Gasteiger partial charge in [0.25, 0.3) is 5.91 Å². The maximum Gasteiger partial charge on any atom is 0.260 e. The van der Waals surface area contributed by atoms with Gasteiger partial charge < -0.3 is 4.74 Å². The summed E-state index contributed by atoms with van der Waals surface area (Å²) in [6.07, 6.45) is 1.07. The number of hydrazone groups is 1. The molecule has 0 spiro atoms. The predicted octanol–water partition coefficient (Wildman–Crippen LogP) is 2.70. The highest BCUT2D eigenvalue weighted by Gasteiger charge is 2.22. The number of carbonyl (C=O) groups is 1. The van der Waals surface area contributed by atoms with Crippen molar-refractivity contribution >= 4 is 27.3 Å². The van der Waals surface area contributed by atoms with E-state index >= 15 is 0 Å². The molecule has 0 unspecified atom stereocenters. The molecule has 0 heterocycles. The molecule has 28 heavy (non-hydrogen) atoms.